The van der Waals surface area contributed by atoms with E-state index < -0.39 is 24.0 Å². The number of alkyl carbamates (subject to hydrolysis) is 1. The molecule has 0 radical (unpaired) electrons. The molecule has 2 fully saturated rings. The average molecular weight is 463 g/mol. The molecule has 178 valence electrons. The zero-order valence-electron chi connectivity index (χ0n) is 19.3. The molecule has 1 saturated carbocycles. The molecule has 2 N–H and O–H groups in total. The van der Waals surface area contributed by atoms with E-state index in [1.54, 1.807) is 0 Å². The van der Waals surface area contributed by atoms with Crippen LogP contribution >= 0.6 is 0 Å². The molecule has 2 aromatic rings. The summed E-state index contributed by atoms with van der Waals surface area (Å²) in [6.45, 7) is 2.54. The fourth-order valence-corrected chi connectivity index (χ4v) is 6.00. The van der Waals surface area contributed by atoms with E-state index in [4.69, 9.17) is 4.74 Å². The van der Waals surface area contributed by atoms with Crippen molar-refractivity contribution < 1.29 is 24.2 Å². The van der Waals surface area contributed by atoms with E-state index in [-0.39, 0.29) is 30.4 Å². The van der Waals surface area contributed by atoms with Gasteiger partial charge in [0.2, 0.25) is 5.91 Å². The minimum absolute atomic E-state index is 0.0263. The maximum atomic E-state index is 13.2. The molecule has 4 atom stereocenters. The fraction of sp³-hybridized carbons (Fsp3) is 0.444. The Morgan fingerprint density at radius 3 is 2.29 bits per heavy atom. The Balaban J connectivity index is 1.23. The maximum absolute atomic E-state index is 13.2. The molecule has 0 spiro atoms. The van der Waals surface area contributed by atoms with Crippen LogP contribution in [0.1, 0.15) is 49.7 Å². The molecular weight excluding hydrogens is 432 g/mol. The van der Waals surface area contributed by atoms with Gasteiger partial charge < -0.3 is 20.1 Å². The number of ether oxygens (including phenoxy) is 1. The van der Waals surface area contributed by atoms with E-state index in [1.807, 2.05) is 31.2 Å². The Morgan fingerprint density at radius 1 is 1.00 bits per heavy atom. The molecule has 34 heavy (non-hydrogen) atoms. The van der Waals surface area contributed by atoms with Crippen LogP contribution in [0.3, 0.4) is 0 Å². The smallest absolute Gasteiger partial charge is 0.407 e. The summed E-state index contributed by atoms with van der Waals surface area (Å²) in [6, 6.07) is 15.2. The van der Waals surface area contributed by atoms with Crippen LogP contribution < -0.4 is 5.32 Å². The molecule has 0 bridgehead atoms. The summed E-state index contributed by atoms with van der Waals surface area (Å²) in [6.07, 6.45) is 2.29. The van der Waals surface area contributed by atoms with Gasteiger partial charge in [0.05, 0.1) is 5.92 Å². The minimum atomic E-state index is -0.961. The third kappa shape index (κ3) is 3.93. The van der Waals surface area contributed by atoms with Crippen molar-refractivity contribution in [1.82, 2.24) is 10.2 Å². The summed E-state index contributed by atoms with van der Waals surface area (Å²) in [4.78, 5) is 39.2. The molecular formula is C27H30N2O5. The number of nitrogens with zero attached hydrogens (tertiary/aromatic N) is 1. The molecule has 2 aromatic carbocycles. The van der Waals surface area contributed by atoms with E-state index in [2.05, 4.69) is 29.6 Å². The molecule has 1 aliphatic heterocycles. The van der Waals surface area contributed by atoms with Crippen molar-refractivity contribution in [3.05, 3.63) is 59.7 Å². The normalized spacial score (nSPS) is 25.6. The summed E-state index contributed by atoms with van der Waals surface area (Å²) in [5.74, 6) is -1.64. The minimum Gasteiger partial charge on any atom is -0.480 e. The number of nitrogens with one attached hydrogen (secondary N) is 1. The molecule has 1 saturated heterocycles. The summed E-state index contributed by atoms with van der Waals surface area (Å²) in [7, 11) is 0. The number of carbonyl (C=O) groups excluding carboxylic acids is 2. The SMILES string of the molecule is CC1CCN(C(=O)[C@H]2CCC[C@H]2NC(=O)OCC2c3ccccc3-c3ccccc32)C1C(=O)O. The fourth-order valence-electron chi connectivity index (χ4n) is 6.00. The number of carbonyl (C=O) groups is 3. The van der Waals surface area contributed by atoms with Crippen LogP contribution in [-0.2, 0) is 14.3 Å². The van der Waals surface area contributed by atoms with E-state index in [9.17, 15) is 19.5 Å². The topological polar surface area (TPSA) is 95.9 Å². The molecule has 0 aromatic heterocycles. The van der Waals surface area contributed by atoms with Crippen molar-refractivity contribution in [2.24, 2.45) is 11.8 Å². The monoisotopic (exact) mass is 462 g/mol. The average Bonchev–Trinajstić information content (AvgIpc) is 3.53. The number of rotatable bonds is 5. The van der Waals surface area contributed by atoms with Gasteiger partial charge in [-0.1, -0.05) is 61.9 Å². The lowest BCUT2D eigenvalue weighted by Crippen LogP contribution is -2.49. The molecule has 7 nitrogen and oxygen atoms in total. The van der Waals surface area contributed by atoms with Gasteiger partial charge in [0.25, 0.3) is 0 Å². The number of carboxylic acids is 1. The number of likely N-dealkylation sites (tertiary alicyclic amines) is 1. The second-order valence-corrected chi connectivity index (χ2v) is 9.69. The highest BCUT2D eigenvalue weighted by Crippen LogP contribution is 2.44. The number of aliphatic carboxylic acids is 1. The van der Waals surface area contributed by atoms with Crippen LogP contribution in [0.2, 0.25) is 0 Å². The largest absolute Gasteiger partial charge is 0.480 e. The van der Waals surface area contributed by atoms with Crippen LogP contribution in [0.15, 0.2) is 48.5 Å². The molecule has 3 aliphatic rings. The van der Waals surface area contributed by atoms with Gasteiger partial charge in [-0.05, 0) is 47.4 Å². The summed E-state index contributed by atoms with van der Waals surface area (Å²) >= 11 is 0. The second-order valence-electron chi connectivity index (χ2n) is 9.69. The van der Waals surface area contributed by atoms with Gasteiger partial charge >= 0.3 is 12.1 Å². The predicted octanol–water partition coefficient (Wildman–Crippen LogP) is 4.02. The summed E-state index contributed by atoms with van der Waals surface area (Å²) < 4.78 is 5.66. The van der Waals surface area contributed by atoms with Crippen LogP contribution in [0, 0.1) is 11.8 Å². The number of benzene rings is 2. The lowest BCUT2D eigenvalue weighted by Gasteiger charge is -2.29. The highest BCUT2D eigenvalue weighted by Gasteiger charge is 2.45. The first-order chi connectivity index (χ1) is 16.5. The number of hydrogen-bond acceptors (Lipinski definition) is 4. The van der Waals surface area contributed by atoms with E-state index in [0.717, 1.165) is 17.5 Å². The number of hydrogen-bond donors (Lipinski definition) is 2. The van der Waals surface area contributed by atoms with E-state index in [1.165, 1.54) is 16.0 Å². The van der Waals surface area contributed by atoms with Gasteiger partial charge in [-0.15, -0.1) is 0 Å². The molecule has 7 heteroatoms. The van der Waals surface area contributed by atoms with Gasteiger partial charge in [-0.3, -0.25) is 4.79 Å². The summed E-state index contributed by atoms with van der Waals surface area (Å²) in [5, 5.41) is 12.5. The molecule has 1 heterocycles. The third-order valence-electron chi connectivity index (χ3n) is 7.72. The van der Waals surface area contributed by atoms with Crippen molar-refractivity contribution in [2.75, 3.05) is 13.2 Å². The van der Waals surface area contributed by atoms with Gasteiger partial charge in [0, 0.05) is 18.5 Å². The van der Waals surface area contributed by atoms with E-state index >= 15 is 0 Å². The lowest BCUT2D eigenvalue weighted by atomic mass is 9.98. The van der Waals surface area contributed by atoms with Crippen molar-refractivity contribution >= 4 is 18.0 Å². The quantitative estimate of drug-likeness (QED) is 0.700. The Kier molecular flexibility index (Phi) is 6.02. The molecule has 2 aliphatic carbocycles. The number of carboxylic acid groups (broad SMARTS) is 1. The molecule has 2 amide bonds. The van der Waals surface area contributed by atoms with Crippen molar-refractivity contribution in [1.29, 1.82) is 0 Å². The first-order valence-electron chi connectivity index (χ1n) is 12.1. The van der Waals surface area contributed by atoms with Crippen molar-refractivity contribution in [3.8, 4) is 11.1 Å². The second kappa shape index (κ2) is 9.12. The molecule has 2 unspecified atom stereocenters. The van der Waals surface area contributed by atoms with Crippen LogP contribution in [-0.4, -0.2) is 53.2 Å². The maximum Gasteiger partial charge on any atom is 0.407 e. The third-order valence-corrected chi connectivity index (χ3v) is 7.72. The Morgan fingerprint density at radius 2 is 1.65 bits per heavy atom. The Labute approximate surface area is 199 Å². The van der Waals surface area contributed by atoms with E-state index in [0.29, 0.717) is 25.8 Å². The van der Waals surface area contributed by atoms with Crippen LogP contribution in [0.5, 0.6) is 0 Å². The Hall–Kier alpha value is -3.35. The van der Waals surface area contributed by atoms with Gasteiger partial charge in [-0.2, -0.15) is 0 Å². The van der Waals surface area contributed by atoms with Crippen molar-refractivity contribution in [2.45, 2.75) is 50.6 Å². The molecule has 5 rings (SSSR count). The first kappa shape index (κ1) is 22.4. The summed E-state index contributed by atoms with van der Waals surface area (Å²) in [5.41, 5.74) is 4.63. The highest BCUT2D eigenvalue weighted by molar-refractivity contribution is 5.87. The van der Waals surface area contributed by atoms with Crippen LogP contribution in [0.25, 0.3) is 11.1 Å². The Bertz CT molecular complexity index is 1070. The number of fused-ring (bicyclic) bond motifs is 3. The first-order valence-corrected chi connectivity index (χ1v) is 12.1. The van der Waals surface area contributed by atoms with Gasteiger partial charge in [0.1, 0.15) is 12.6 Å². The van der Waals surface area contributed by atoms with Gasteiger partial charge in [-0.25, -0.2) is 9.59 Å². The highest BCUT2D eigenvalue weighted by atomic mass is 16.5. The lowest BCUT2D eigenvalue weighted by molar-refractivity contribution is -0.151. The van der Waals surface area contributed by atoms with Crippen molar-refractivity contribution in [3.63, 3.8) is 0 Å². The predicted molar refractivity (Wildman–Crippen MR) is 126 cm³/mol. The van der Waals surface area contributed by atoms with Gasteiger partial charge in [0.15, 0.2) is 0 Å². The zero-order valence-corrected chi connectivity index (χ0v) is 19.3. The van der Waals surface area contributed by atoms with Crippen LogP contribution in [0.4, 0.5) is 4.79 Å². The zero-order chi connectivity index (χ0) is 23.8. The number of amides is 2. The standard InChI is InChI=1S/C27H30N2O5/c1-16-13-14-29(24(16)26(31)32)25(30)21-11-6-12-23(21)28-27(33)34-15-22-19-9-4-2-7-17(19)18-8-3-5-10-20(18)22/h2-5,7-10,16,21-24H,6,11-15H2,1H3,(H,28,33)(H,31,32)/t16?,21-,23+,24?/m0/s1.